The lowest BCUT2D eigenvalue weighted by Crippen LogP contribution is -2.06. The van der Waals surface area contributed by atoms with Crippen LogP contribution < -0.4 is 5.32 Å². The third-order valence-corrected chi connectivity index (χ3v) is 5.56. The molecule has 4 rings (SSSR count). The Morgan fingerprint density at radius 1 is 1.04 bits per heavy atom. The smallest absolute Gasteiger partial charge is 0.227 e. The summed E-state index contributed by atoms with van der Waals surface area (Å²) in [6.07, 6.45) is 1.89. The molecule has 1 N–H and O–H groups in total. The lowest BCUT2D eigenvalue weighted by Gasteiger charge is -2.24. The maximum atomic E-state index is 6.18. The number of benzene rings is 2. The first kappa shape index (κ1) is 15.8. The third kappa shape index (κ3) is 2.97. The van der Waals surface area contributed by atoms with E-state index in [1.165, 1.54) is 4.90 Å². The molecule has 1 atom stereocenters. The Bertz CT molecular complexity index is 913. The van der Waals surface area contributed by atoms with Gasteiger partial charge in [-0.25, -0.2) is 9.97 Å². The van der Waals surface area contributed by atoms with Crippen LogP contribution >= 0.6 is 35.0 Å². The van der Waals surface area contributed by atoms with Crippen LogP contribution in [0.2, 0.25) is 10.0 Å². The number of hydrogen-bond acceptors (Lipinski definition) is 4. The van der Waals surface area contributed by atoms with Crippen molar-refractivity contribution in [1.29, 1.82) is 0 Å². The quantitative estimate of drug-likeness (QED) is 0.566. The molecule has 0 fully saturated rings. The Kier molecular flexibility index (Phi) is 4.12. The van der Waals surface area contributed by atoms with E-state index in [1.807, 2.05) is 42.6 Å². The van der Waals surface area contributed by atoms with E-state index in [2.05, 4.69) is 23.3 Å². The van der Waals surface area contributed by atoms with Crippen molar-refractivity contribution in [2.75, 3.05) is 5.32 Å². The molecule has 2 aromatic carbocycles. The molecule has 120 valence electrons. The van der Waals surface area contributed by atoms with E-state index in [0.717, 1.165) is 22.5 Å². The molecule has 6 heteroatoms. The second-order valence-electron chi connectivity index (χ2n) is 5.53. The van der Waals surface area contributed by atoms with Gasteiger partial charge in [0.2, 0.25) is 5.95 Å². The van der Waals surface area contributed by atoms with Gasteiger partial charge in [0.15, 0.2) is 0 Å². The maximum absolute atomic E-state index is 6.18. The molecule has 1 aliphatic rings. The molecule has 0 spiro atoms. The SMILES string of the molecule is CC1Sc2ccc(Cl)cc2-c2nc(Nc3ccc(Cl)cc3)ncc21. The van der Waals surface area contributed by atoms with Crippen LogP contribution in [0.15, 0.2) is 53.6 Å². The van der Waals surface area contributed by atoms with Crippen molar-refractivity contribution >= 4 is 46.6 Å². The van der Waals surface area contributed by atoms with Crippen LogP contribution in [0.25, 0.3) is 11.3 Å². The highest BCUT2D eigenvalue weighted by molar-refractivity contribution is 7.99. The first-order valence-electron chi connectivity index (χ1n) is 7.46. The van der Waals surface area contributed by atoms with Crippen LogP contribution in [0, 0.1) is 0 Å². The largest absolute Gasteiger partial charge is 0.324 e. The molecule has 1 aromatic heterocycles. The summed E-state index contributed by atoms with van der Waals surface area (Å²) in [4.78, 5) is 10.4. The lowest BCUT2D eigenvalue weighted by atomic mass is 10.0. The standard InChI is InChI=1S/C18H13Cl2N3S/c1-10-15-9-21-18(22-13-5-2-11(19)3-6-13)23-17(15)14-8-12(20)4-7-16(14)24-10/h2-10H,1H3,(H,21,22,23). The predicted octanol–water partition coefficient (Wildman–Crippen LogP) is 6.36. The molecule has 0 saturated heterocycles. The number of nitrogens with zero attached hydrogens (tertiary/aromatic N) is 2. The minimum Gasteiger partial charge on any atom is -0.324 e. The fourth-order valence-corrected chi connectivity index (χ4v) is 4.08. The van der Waals surface area contributed by atoms with Crippen LogP contribution in [0.3, 0.4) is 0 Å². The number of hydrogen-bond donors (Lipinski definition) is 1. The van der Waals surface area contributed by atoms with Crippen molar-refractivity contribution < 1.29 is 0 Å². The molecule has 0 radical (unpaired) electrons. The van der Waals surface area contributed by atoms with E-state index in [0.29, 0.717) is 21.2 Å². The van der Waals surface area contributed by atoms with Gasteiger partial charge < -0.3 is 5.32 Å². The summed E-state index contributed by atoms with van der Waals surface area (Å²) in [5.41, 5.74) is 4.01. The first-order chi connectivity index (χ1) is 11.6. The van der Waals surface area contributed by atoms with E-state index in [-0.39, 0.29) is 0 Å². The highest BCUT2D eigenvalue weighted by Gasteiger charge is 2.24. The zero-order valence-electron chi connectivity index (χ0n) is 12.8. The lowest BCUT2D eigenvalue weighted by molar-refractivity contribution is 1.01. The summed E-state index contributed by atoms with van der Waals surface area (Å²) in [5, 5.41) is 4.93. The summed E-state index contributed by atoms with van der Waals surface area (Å²) in [6.45, 7) is 2.16. The Balaban J connectivity index is 1.76. The zero-order valence-corrected chi connectivity index (χ0v) is 15.1. The molecule has 0 saturated carbocycles. The molecule has 1 aliphatic heterocycles. The highest BCUT2D eigenvalue weighted by atomic mass is 35.5. The van der Waals surface area contributed by atoms with Crippen LogP contribution in [0.1, 0.15) is 17.7 Å². The minimum absolute atomic E-state index is 0.304. The summed E-state index contributed by atoms with van der Waals surface area (Å²) >= 11 is 13.9. The van der Waals surface area contributed by atoms with Crippen LogP contribution in [-0.4, -0.2) is 9.97 Å². The number of thioether (sulfide) groups is 1. The Morgan fingerprint density at radius 2 is 1.79 bits per heavy atom. The van der Waals surface area contributed by atoms with E-state index >= 15 is 0 Å². The van der Waals surface area contributed by atoms with E-state index < -0.39 is 0 Å². The molecule has 3 nitrogen and oxygen atoms in total. The Labute approximate surface area is 154 Å². The number of halogens is 2. The summed E-state index contributed by atoms with van der Waals surface area (Å²) in [6, 6.07) is 13.4. The van der Waals surface area contributed by atoms with E-state index in [1.54, 1.807) is 11.8 Å². The topological polar surface area (TPSA) is 37.8 Å². The van der Waals surface area contributed by atoms with Gasteiger partial charge >= 0.3 is 0 Å². The van der Waals surface area contributed by atoms with Gasteiger partial charge in [0.1, 0.15) is 0 Å². The second kappa shape index (κ2) is 6.28. The van der Waals surface area contributed by atoms with Gasteiger partial charge in [-0.05, 0) is 49.4 Å². The number of anilines is 2. The number of rotatable bonds is 2. The first-order valence-corrected chi connectivity index (χ1v) is 9.10. The van der Waals surface area contributed by atoms with Crippen molar-refractivity contribution in [2.45, 2.75) is 17.1 Å². The predicted molar refractivity (Wildman–Crippen MR) is 101 cm³/mol. The molecule has 0 aliphatic carbocycles. The average Bonchev–Trinajstić information content (AvgIpc) is 2.58. The van der Waals surface area contributed by atoms with Crippen LogP contribution in [-0.2, 0) is 0 Å². The maximum Gasteiger partial charge on any atom is 0.227 e. The Morgan fingerprint density at radius 3 is 2.58 bits per heavy atom. The van der Waals surface area contributed by atoms with E-state index in [9.17, 15) is 0 Å². The molecular formula is C18H13Cl2N3S. The molecule has 3 aromatic rings. The highest BCUT2D eigenvalue weighted by Crippen LogP contribution is 2.48. The normalized spacial score (nSPS) is 15.5. The van der Waals surface area contributed by atoms with Gasteiger partial charge in [0.25, 0.3) is 0 Å². The van der Waals surface area contributed by atoms with Gasteiger partial charge in [-0.1, -0.05) is 23.2 Å². The van der Waals surface area contributed by atoms with Gasteiger partial charge in [0, 0.05) is 43.2 Å². The molecule has 24 heavy (non-hydrogen) atoms. The monoisotopic (exact) mass is 373 g/mol. The summed E-state index contributed by atoms with van der Waals surface area (Å²) in [5.74, 6) is 0.557. The molecule has 0 amide bonds. The number of fused-ring (bicyclic) bond motifs is 3. The average molecular weight is 374 g/mol. The van der Waals surface area contributed by atoms with Crippen molar-refractivity contribution in [3.63, 3.8) is 0 Å². The number of nitrogens with one attached hydrogen (secondary N) is 1. The van der Waals surface area contributed by atoms with Gasteiger partial charge in [-0.2, -0.15) is 0 Å². The fourth-order valence-electron chi connectivity index (χ4n) is 2.67. The second-order valence-corrected chi connectivity index (χ2v) is 7.79. The third-order valence-electron chi connectivity index (χ3n) is 3.86. The molecule has 2 heterocycles. The van der Waals surface area contributed by atoms with Gasteiger partial charge in [-0.15, -0.1) is 11.8 Å². The Hall–Kier alpha value is -1.75. The van der Waals surface area contributed by atoms with Crippen molar-refractivity contribution in [1.82, 2.24) is 9.97 Å². The minimum atomic E-state index is 0.304. The van der Waals surface area contributed by atoms with Crippen molar-refractivity contribution in [3.8, 4) is 11.3 Å². The fraction of sp³-hybridized carbons (Fsp3) is 0.111. The number of aromatic nitrogens is 2. The van der Waals surface area contributed by atoms with Crippen LogP contribution in [0.4, 0.5) is 11.6 Å². The van der Waals surface area contributed by atoms with E-state index in [4.69, 9.17) is 28.2 Å². The van der Waals surface area contributed by atoms with Gasteiger partial charge in [-0.3, -0.25) is 0 Å². The summed E-state index contributed by atoms with van der Waals surface area (Å²) in [7, 11) is 0. The molecular weight excluding hydrogens is 361 g/mol. The van der Waals surface area contributed by atoms with Gasteiger partial charge in [0.05, 0.1) is 5.69 Å². The zero-order chi connectivity index (χ0) is 16.7. The molecule has 0 bridgehead atoms. The summed E-state index contributed by atoms with van der Waals surface area (Å²) < 4.78 is 0. The van der Waals surface area contributed by atoms with Crippen molar-refractivity contribution in [3.05, 3.63) is 64.3 Å². The van der Waals surface area contributed by atoms with Crippen LogP contribution in [0.5, 0.6) is 0 Å². The molecule has 1 unspecified atom stereocenters. The van der Waals surface area contributed by atoms with Crippen molar-refractivity contribution in [2.24, 2.45) is 0 Å².